The number of nitrogens with one attached hydrogen (secondary N) is 1. The van der Waals surface area contributed by atoms with Gasteiger partial charge < -0.3 is 9.72 Å². The van der Waals surface area contributed by atoms with Gasteiger partial charge in [0.1, 0.15) is 5.65 Å². The zero-order valence-electron chi connectivity index (χ0n) is 10.5. The van der Waals surface area contributed by atoms with Crippen molar-refractivity contribution in [2.45, 2.75) is 38.6 Å². The summed E-state index contributed by atoms with van der Waals surface area (Å²) in [6, 6.07) is 4.81. The Balaban J connectivity index is 2.11. The van der Waals surface area contributed by atoms with Gasteiger partial charge in [-0.05, 0) is 31.4 Å². The predicted octanol–water partition coefficient (Wildman–Crippen LogP) is 2.88. The zero-order valence-corrected chi connectivity index (χ0v) is 10.5. The van der Waals surface area contributed by atoms with E-state index in [0.29, 0.717) is 12.0 Å². The van der Waals surface area contributed by atoms with Gasteiger partial charge in [0.15, 0.2) is 0 Å². The maximum Gasteiger partial charge on any atom is 0.141 e. The van der Waals surface area contributed by atoms with Crippen LogP contribution in [-0.2, 0) is 0 Å². The first kappa shape index (κ1) is 10.8. The van der Waals surface area contributed by atoms with Gasteiger partial charge in [0.25, 0.3) is 0 Å². The molecule has 1 unspecified atom stereocenters. The predicted molar refractivity (Wildman–Crippen MR) is 69.3 cm³/mol. The van der Waals surface area contributed by atoms with E-state index >= 15 is 0 Å². The summed E-state index contributed by atoms with van der Waals surface area (Å²) in [7, 11) is 0. The molecule has 0 bridgehead atoms. The number of pyridine rings is 1. The highest BCUT2D eigenvalue weighted by Crippen LogP contribution is 2.27. The third-order valence-corrected chi connectivity index (χ3v) is 3.56. The van der Waals surface area contributed by atoms with E-state index in [1.54, 1.807) is 0 Å². The zero-order chi connectivity index (χ0) is 11.8. The van der Waals surface area contributed by atoms with Crippen LogP contribution in [-0.4, -0.2) is 15.9 Å². The lowest BCUT2D eigenvalue weighted by molar-refractivity contribution is 0.648. The molecule has 1 aliphatic rings. The van der Waals surface area contributed by atoms with E-state index in [9.17, 15) is 0 Å². The fourth-order valence-corrected chi connectivity index (χ4v) is 2.55. The molecule has 1 aliphatic heterocycles. The molecule has 0 aliphatic carbocycles. The Kier molecular flexibility index (Phi) is 2.63. The molecular weight excluding hydrogens is 210 g/mol. The lowest BCUT2D eigenvalue weighted by Crippen LogP contribution is -2.13. The Labute approximate surface area is 102 Å². The standard InChI is InChI=1S/C14H19N3/c1-10(2)13-9-17-8-4-5-11(14(17)16-13)12-6-3-7-15-12/h4-5,8-10,12,15H,3,6-7H2,1-2H3. The number of imidazole rings is 1. The first-order valence-corrected chi connectivity index (χ1v) is 6.46. The third kappa shape index (κ3) is 1.84. The summed E-state index contributed by atoms with van der Waals surface area (Å²) < 4.78 is 2.16. The highest BCUT2D eigenvalue weighted by molar-refractivity contribution is 5.51. The van der Waals surface area contributed by atoms with Crippen molar-refractivity contribution in [1.29, 1.82) is 0 Å². The van der Waals surface area contributed by atoms with Crippen LogP contribution in [0.2, 0.25) is 0 Å². The van der Waals surface area contributed by atoms with E-state index in [1.807, 2.05) is 0 Å². The molecule has 17 heavy (non-hydrogen) atoms. The minimum Gasteiger partial charge on any atom is -0.310 e. The van der Waals surface area contributed by atoms with Crippen LogP contribution in [0.3, 0.4) is 0 Å². The largest absolute Gasteiger partial charge is 0.310 e. The van der Waals surface area contributed by atoms with E-state index in [4.69, 9.17) is 4.98 Å². The molecule has 0 spiro atoms. The fourth-order valence-electron chi connectivity index (χ4n) is 2.55. The summed E-state index contributed by atoms with van der Waals surface area (Å²) in [5.74, 6) is 0.485. The molecular formula is C14H19N3. The van der Waals surface area contributed by atoms with Crippen LogP contribution in [0, 0.1) is 0 Å². The number of nitrogens with zero attached hydrogens (tertiary/aromatic N) is 2. The fraction of sp³-hybridized carbons (Fsp3) is 0.500. The van der Waals surface area contributed by atoms with E-state index < -0.39 is 0 Å². The summed E-state index contributed by atoms with van der Waals surface area (Å²) in [6.07, 6.45) is 6.73. The van der Waals surface area contributed by atoms with E-state index in [2.05, 4.69) is 48.1 Å². The van der Waals surface area contributed by atoms with Crippen LogP contribution < -0.4 is 5.32 Å². The van der Waals surface area contributed by atoms with Crippen molar-refractivity contribution in [2.75, 3.05) is 6.54 Å². The van der Waals surface area contributed by atoms with Gasteiger partial charge in [0, 0.05) is 24.0 Å². The van der Waals surface area contributed by atoms with Crippen molar-refractivity contribution < 1.29 is 0 Å². The summed E-state index contributed by atoms with van der Waals surface area (Å²) in [6.45, 7) is 5.51. The molecule has 1 N–H and O–H groups in total. The minimum absolute atomic E-state index is 0.485. The van der Waals surface area contributed by atoms with Gasteiger partial charge in [-0.1, -0.05) is 19.9 Å². The molecule has 3 rings (SSSR count). The quantitative estimate of drug-likeness (QED) is 0.858. The second kappa shape index (κ2) is 4.15. The molecule has 3 heterocycles. The van der Waals surface area contributed by atoms with Gasteiger partial charge in [0.05, 0.1) is 5.69 Å². The Morgan fingerprint density at radius 1 is 1.47 bits per heavy atom. The molecule has 2 aromatic heterocycles. The van der Waals surface area contributed by atoms with Gasteiger partial charge in [-0.25, -0.2) is 4.98 Å². The van der Waals surface area contributed by atoms with Crippen LogP contribution in [0.1, 0.15) is 49.9 Å². The highest BCUT2D eigenvalue weighted by Gasteiger charge is 2.20. The summed E-state index contributed by atoms with van der Waals surface area (Å²) in [5, 5.41) is 3.55. The molecule has 0 aromatic carbocycles. The van der Waals surface area contributed by atoms with E-state index in [1.165, 1.54) is 24.1 Å². The Morgan fingerprint density at radius 3 is 3.06 bits per heavy atom. The van der Waals surface area contributed by atoms with Crippen LogP contribution in [0.15, 0.2) is 24.5 Å². The van der Waals surface area contributed by atoms with E-state index in [-0.39, 0.29) is 0 Å². The van der Waals surface area contributed by atoms with Crippen molar-refractivity contribution in [2.24, 2.45) is 0 Å². The number of aromatic nitrogens is 2. The maximum absolute atomic E-state index is 4.78. The van der Waals surface area contributed by atoms with Crippen molar-refractivity contribution in [1.82, 2.24) is 14.7 Å². The SMILES string of the molecule is CC(C)c1cn2cccc(C3CCCN3)c2n1. The lowest BCUT2D eigenvalue weighted by Gasteiger charge is -2.11. The highest BCUT2D eigenvalue weighted by atomic mass is 15.0. The smallest absolute Gasteiger partial charge is 0.141 e. The lowest BCUT2D eigenvalue weighted by atomic mass is 10.1. The minimum atomic E-state index is 0.485. The normalized spacial score (nSPS) is 20.5. The van der Waals surface area contributed by atoms with Crippen molar-refractivity contribution in [3.63, 3.8) is 0 Å². The first-order chi connectivity index (χ1) is 8.25. The molecule has 0 radical (unpaired) electrons. The van der Waals surface area contributed by atoms with Crippen molar-refractivity contribution in [3.8, 4) is 0 Å². The van der Waals surface area contributed by atoms with Gasteiger partial charge in [0.2, 0.25) is 0 Å². The van der Waals surface area contributed by atoms with Gasteiger partial charge >= 0.3 is 0 Å². The van der Waals surface area contributed by atoms with Gasteiger partial charge in [-0.15, -0.1) is 0 Å². The molecule has 1 atom stereocenters. The topological polar surface area (TPSA) is 29.3 Å². The van der Waals surface area contributed by atoms with Crippen LogP contribution in [0.25, 0.3) is 5.65 Å². The Morgan fingerprint density at radius 2 is 2.35 bits per heavy atom. The first-order valence-electron chi connectivity index (χ1n) is 6.46. The van der Waals surface area contributed by atoms with Gasteiger partial charge in [-0.2, -0.15) is 0 Å². The summed E-state index contributed by atoms with van der Waals surface area (Å²) in [5.41, 5.74) is 3.64. The summed E-state index contributed by atoms with van der Waals surface area (Å²) in [4.78, 5) is 4.78. The summed E-state index contributed by atoms with van der Waals surface area (Å²) >= 11 is 0. The molecule has 3 heteroatoms. The second-order valence-corrected chi connectivity index (χ2v) is 5.16. The molecule has 0 saturated carbocycles. The number of fused-ring (bicyclic) bond motifs is 1. The molecule has 0 amide bonds. The Hall–Kier alpha value is -1.35. The second-order valence-electron chi connectivity index (χ2n) is 5.16. The molecule has 3 nitrogen and oxygen atoms in total. The van der Waals surface area contributed by atoms with Crippen molar-refractivity contribution >= 4 is 5.65 Å². The average Bonchev–Trinajstić information content (AvgIpc) is 2.97. The van der Waals surface area contributed by atoms with Crippen LogP contribution in [0.5, 0.6) is 0 Å². The monoisotopic (exact) mass is 229 g/mol. The number of hydrogen-bond acceptors (Lipinski definition) is 2. The maximum atomic E-state index is 4.78. The van der Waals surface area contributed by atoms with Gasteiger partial charge in [-0.3, -0.25) is 0 Å². The van der Waals surface area contributed by atoms with Crippen molar-refractivity contribution in [3.05, 3.63) is 35.8 Å². The van der Waals surface area contributed by atoms with E-state index in [0.717, 1.165) is 12.2 Å². The third-order valence-electron chi connectivity index (χ3n) is 3.56. The molecule has 90 valence electrons. The average molecular weight is 229 g/mol. The Bertz CT molecular complexity index is 521. The number of hydrogen-bond donors (Lipinski definition) is 1. The van der Waals surface area contributed by atoms with Crippen LogP contribution >= 0.6 is 0 Å². The molecule has 1 saturated heterocycles. The molecule has 2 aromatic rings. The van der Waals surface area contributed by atoms with Crippen LogP contribution in [0.4, 0.5) is 0 Å². The number of rotatable bonds is 2. The molecule has 1 fully saturated rings.